The smallest absolute Gasteiger partial charge is 0.181 e. The summed E-state index contributed by atoms with van der Waals surface area (Å²) in [5.74, 6) is 1.37. The highest BCUT2D eigenvalue weighted by Crippen LogP contribution is 2.29. The molecule has 3 rings (SSSR count). The van der Waals surface area contributed by atoms with Gasteiger partial charge in [0.25, 0.3) is 0 Å². The number of phenolic OH excluding ortho intramolecular Hbond substituents is 1. The monoisotopic (exact) mass is 315 g/mol. The fraction of sp³-hybridized carbons (Fsp3) is 0.125. The van der Waals surface area contributed by atoms with Crippen LogP contribution < -0.4 is 9.47 Å². The summed E-state index contributed by atoms with van der Waals surface area (Å²) >= 11 is 0. The molecule has 0 bridgehead atoms. The van der Waals surface area contributed by atoms with Crippen molar-refractivity contribution in [1.82, 2.24) is 15.2 Å². The number of benzene rings is 2. The molecular weight excluding hydrogens is 301 g/mol. The van der Waals surface area contributed by atoms with E-state index in [1.807, 2.05) is 0 Å². The Bertz CT molecular complexity index is 820. The van der Waals surface area contributed by atoms with Gasteiger partial charge in [0.15, 0.2) is 23.1 Å². The van der Waals surface area contributed by atoms with Crippen molar-refractivity contribution in [3.8, 4) is 28.6 Å². The van der Waals surface area contributed by atoms with Crippen LogP contribution in [0.5, 0.6) is 17.2 Å². The molecule has 0 saturated carbocycles. The van der Waals surface area contributed by atoms with E-state index in [0.29, 0.717) is 28.7 Å². The number of halogens is 1. The largest absolute Gasteiger partial charge is 0.504 e. The first-order chi connectivity index (χ1) is 11.2. The average molecular weight is 315 g/mol. The van der Waals surface area contributed by atoms with E-state index < -0.39 is 0 Å². The SMILES string of the molecule is COc1cc(-c2n[nH]c(COc3cccc(F)c3)n2)ccc1O. The van der Waals surface area contributed by atoms with E-state index in [-0.39, 0.29) is 18.2 Å². The van der Waals surface area contributed by atoms with Gasteiger partial charge < -0.3 is 14.6 Å². The lowest BCUT2D eigenvalue weighted by molar-refractivity contribution is 0.295. The molecule has 0 spiro atoms. The van der Waals surface area contributed by atoms with Gasteiger partial charge in [-0.2, -0.15) is 5.10 Å². The second kappa shape index (κ2) is 6.35. The van der Waals surface area contributed by atoms with Crippen molar-refractivity contribution in [3.05, 3.63) is 54.1 Å². The third kappa shape index (κ3) is 3.39. The van der Waals surface area contributed by atoms with Crippen LogP contribution in [0.25, 0.3) is 11.4 Å². The van der Waals surface area contributed by atoms with Gasteiger partial charge in [0.05, 0.1) is 7.11 Å². The lowest BCUT2D eigenvalue weighted by Crippen LogP contribution is -1.97. The molecule has 7 heteroatoms. The summed E-state index contributed by atoms with van der Waals surface area (Å²) in [5, 5.41) is 16.4. The van der Waals surface area contributed by atoms with E-state index in [0.717, 1.165) is 0 Å². The minimum atomic E-state index is -0.364. The van der Waals surface area contributed by atoms with Gasteiger partial charge in [0, 0.05) is 11.6 Å². The summed E-state index contributed by atoms with van der Waals surface area (Å²) in [6.07, 6.45) is 0. The second-order valence-electron chi connectivity index (χ2n) is 4.74. The molecule has 0 aliphatic carbocycles. The molecule has 0 fully saturated rings. The number of rotatable bonds is 5. The summed E-state index contributed by atoms with van der Waals surface area (Å²) in [6.45, 7) is 0.131. The summed E-state index contributed by atoms with van der Waals surface area (Å²) in [5.41, 5.74) is 0.688. The molecule has 6 nitrogen and oxygen atoms in total. The van der Waals surface area contributed by atoms with Gasteiger partial charge in [-0.3, -0.25) is 5.10 Å². The first kappa shape index (κ1) is 14.8. The highest BCUT2D eigenvalue weighted by molar-refractivity contribution is 5.60. The lowest BCUT2D eigenvalue weighted by atomic mass is 10.2. The zero-order valence-electron chi connectivity index (χ0n) is 12.3. The van der Waals surface area contributed by atoms with E-state index >= 15 is 0 Å². The van der Waals surface area contributed by atoms with Crippen molar-refractivity contribution in [2.75, 3.05) is 7.11 Å². The van der Waals surface area contributed by atoms with Crippen LogP contribution >= 0.6 is 0 Å². The normalized spacial score (nSPS) is 10.5. The van der Waals surface area contributed by atoms with Crippen molar-refractivity contribution in [2.45, 2.75) is 6.61 Å². The van der Waals surface area contributed by atoms with Gasteiger partial charge >= 0.3 is 0 Å². The molecule has 1 heterocycles. The summed E-state index contributed by atoms with van der Waals surface area (Å²) in [6, 6.07) is 10.7. The first-order valence-corrected chi connectivity index (χ1v) is 6.83. The van der Waals surface area contributed by atoms with Crippen molar-refractivity contribution in [3.63, 3.8) is 0 Å². The molecule has 118 valence electrons. The van der Waals surface area contributed by atoms with Gasteiger partial charge in [-0.05, 0) is 30.3 Å². The van der Waals surface area contributed by atoms with Crippen molar-refractivity contribution < 1.29 is 19.0 Å². The number of phenols is 1. The van der Waals surface area contributed by atoms with Gasteiger partial charge in [-0.1, -0.05) is 6.07 Å². The fourth-order valence-corrected chi connectivity index (χ4v) is 2.01. The van der Waals surface area contributed by atoms with Crippen LogP contribution in [0.3, 0.4) is 0 Å². The lowest BCUT2D eigenvalue weighted by Gasteiger charge is -2.04. The van der Waals surface area contributed by atoms with Crippen LogP contribution in [0.4, 0.5) is 4.39 Å². The van der Waals surface area contributed by atoms with E-state index in [1.165, 1.54) is 25.3 Å². The molecule has 23 heavy (non-hydrogen) atoms. The van der Waals surface area contributed by atoms with Gasteiger partial charge in [0.1, 0.15) is 18.2 Å². The number of aromatic nitrogens is 3. The molecule has 0 saturated heterocycles. The zero-order valence-corrected chi connectivity index (χ0v) is 12.3. The zero-order chi connectivity index (χ0) is 16.2. The van der Waals surface area contributed by atoms with E-state index in [2.05, 4.69) is 15.2 Å². The standard InChI is InChI=1S/C16H14FN3O3/c1-22-14-7-10(5-6-13(14)21)16-18-15(19-20-16)9-23-12-4-2-3-11(17)8-12/h2-8,21H,9H2,1H3,(H,18,19,20). The fourth-order valence-electron chi connectivity index (χ4n) is 2.01. The number of nitrogens with zero attached hydrogens (tertiary/aromatic N) is 2. The van der Waals surface area contributed by atoms with Crippen molar-refractivity contribution in [1.29, 1.82) is 0 Å². The highest BCUT2D eigenvalue weighted by Gasteiger charge is 2.10. The molecule has 0 unspecified atom stereocenters. The van der Waals surface area contributed by atoms with Crippen molar-refractivity contribution >= 4 is 0 Å². The number of hydrogen-bond donors (Lipinski definition) is 2. The second-order valence-corrected chi connectivity index (χ2v) is 4.74. The third-order valence-corrected chi connectivity index (χ3v) is 3.14. The van der Waals surface area contributed by atoms with Crippen LogP contribution in [0, 0.1) is 5.82 Å². The number of H-pyrrole nitrogens is 1. The number of ether oxygens (including phenoxy) is 2. The summed E-state index contributed by atoms with van der Waals surface area (Å²) in [7, 11) is 1.47. The predicted molar refractivity (Wildman–Crippen MR) is 80.8 cm³/mol. The number of methoxy groups -OCH3 is 1. The third-order valence-electron chi connectivity index (χ3n) is 3.14. The van der Waals surface area contributed by atoms with Gasteiger partial charge in [0.2, 0.25) is 0 Å². The Hall–Kier alpha value is -3.09. The Kier molecular flexibility index (Phi) is 4.09. The minimum absolute atomic E-state index is 0.0430. The maximum absolute atomic E-state index is 13.1. The summed E-state index contributed by atoms with van der Waals surface area (Å²) < 4.78 is 23.6. The highest BCUT2D eigenvalue weighted by atomic mass is 19.1. The molecule has 3 aromatic rings. The Morgan fingerprint density at radius 2 is 2.09 bits per heavy atom. The van der Waals surface area contributed by atoms with Crippen LogP contribution in [0.1, 0.15) is 5.82 Å². The quantitative estimate of drug-likeness (QED) is 0.756. The van der Waals surface area contributed by atoms with Crippen LogP contribution in [-0.2, 0) is 6.61 Å². The average Bonchev–Trinajstić information content (AvgIpc) is 3.02. The molecule has 0 aliphatic rings. The van der Waals surface area contributed by atoms with Crippen LogP contribution in [0.2, 0.25) is 0 Å². The van der Waals surface area contributed by atoms with E-state index in [1.54, 1.807) is 24.3 Å². The Morgan fingerprint density at radius 3 is 2.87 bits per heavy atom. The number of nitrogens with one attached hydrogen (secondary N) is 1. The molecule has 0 atom stereocenters. The first-order valence-electron chi connectivity index (χ1n) is 6.83. The molecule has 2 N–H and O–H groups in total. The number of aromatic amines is 1. The molecule has 0 amide bonds. The maximum atomic E-state index is 13.1. The topological polar surface area (TPSA) is 80.3 Å². The minimum Gasteiger partial charge on any atom is -0.504 e. The molecule has 1 aromatic heterocycles. The van der Waals surface area contributed by atoms with Crippen LogP contribution in [-0.4, -0.2) is 27.4 Å². The van der Waals surface area contributed by atoms with E-state index in [4.69, 9.17) is 9.47 Å². The number of hydrogen-bond acceptors (Lipinski definition) is 5. The maximum Gasteiger partial charge on any atom is 0.181 e. The van der Waals surface area contributed by atoms with Gasteiger partial charge in [-0.15, -0.1) is 0 Å². The molecule has 2 aromatic carbocycles. The van der Waals surface area contributed by atoms with E-state index in [9.17, 15) is 9.50 Å². The molecule has 0 radical (unpaired) electrons. The number of aromatic hydroxyl groups is 1. The Morgan fingerprint density at radius 1 is 1.22 bits per heavy atom. The van der Waals surface area contributed by atoms with Crippen LogP contribution in [0.15, 0.2) is 42.5 Å². The van der Waals surface area contributed by atoms with Crippen molar-refractivity contribution in [2.24, 2.45) is 0 Å². The molecular formula is C16H14FN3O3. The predicted octanol–water partition coefficient (Wildman–Crippen LogP) is 2.90. The Balaban J connectivity index is 1.73. The molecule has 0 aliphatic heterocycles. The Labute approximate surface area is 131 Å². The summed E-state index contributed by atoms with van der Waals surface area (Å²) in [4.78, 5) is 4.30. The van der Waals surface area contributed by atoms with Gasteiger partial charge in [-0.25, -0.2) is 9.37 Å².